The molecule has 1 saturated carbocycles. The van der Waals surface area contributed by atoms with Gasteiger partial charge in [0.1, 0.15) is 0 Å². The highest BCUT2D eigenvalue weighted by molar-refractivity contribution is 5.86. The molecule has 1 atom stereocenters. The van der Waals surface area contributed by atoms with Crippen LogP contribution in [0.5, 0.6) is 0 Å². The second-order valence-electron chi connectivity index (χ2n) is 9.62. The minimum atomic E-state index is 0.198. The van der Waals surface area contributed by atoms with Crippen LogP contribution in [0.2, 0.25) is 0 Å². The van der Waals surface area contributed by atoms with E-state index in [0.717, 1.165) is 13.1 Å². The van der Waals surface area contributed by atoms with Gasteiger partial charge in [0, 0.05) is 36.6 Å². The predicted octanol–water partition coefficient (Wildman–Crippen LogP) is 6.52. The van der Waals surface area contributed by atoms with Crippen molar-refractivity contribution >= 4 is 16.8 Å². The molecule has 1 aliphatic rings. The average molecular weight is 417 g/mol. The SMILES string of the molecule is CC(C)CNC(=O)C[C@H](c1cn(Cc2ccccc2)c2ccccc12)C1CCCCC1. The van der Waals surface area contributed by atoms with Gasteiger partial charge in [0.05, 0.1) is 0 Å². The number of fused-ring (bicyclic) bond motifs is 1. The standard InChI is InChI=1S/C28H36N2O/c1-21(2)18-29-28(31)17-25(23-13-7-4-8-14-23)26-20-30(19-22-11-5-3-6-12-22)27-16-10-9-15-24(26)27/h3,5-6,9-12,15-16,20-21,23,25H,4,7-8,13-14,17-19H2,1-2H3,(H,29,31)/t25-/m0/s1. The Balaban J connectivity index is 1.68. The highest BCUT2D eigenvalue weighted by Gasteiger charge is 2.29. The van der Waals surface area contributed by atoms with E-state index in [0.29, 0.717) is 18.3 Å². The number of hydrogen-bond acceptors (Lipinski definition) is 1. The molecule has 1 N–H and O–H groups in total. The molecule has 3 aromatic rings. The van der Waals surface area contributed by atoms with E-state index in [-0.39, 0.29) is 11.8 Å². The number of aromatic nitrogens is 1. The molecule has 2 aromatic carbocycles. The largest absolute Gasteiger partial charge is 0.356 e. The van der Waals surface area contributed by atoms with Gasteiger partial charge in [-0.3, -0.25) is 4.79 Å². The number of amides is 1. The average Bonchev–Trinajstić information content (AvgIpc) is 3.15. The lowest BCUT2D eigenvalue weighted by Crippen LogP contribution is -2.30. The molecule has 0 unspecified atom stereocenters. The minimum absolute atomic E-state index is 0.198. The summed E-state index contributed by atoms with van der Waals surface area (Å²) in [6.45, 7) is 5.91. The van der Waals surface area contributed by atoms with Gasteiger partial charge in [-0.1, -0.05) is 81.6 Å². The molecule has 1 aromatic heterocycles. The lowest BCUT2D eigenvalue weighted by atomic mass is 9.75. The topological polar surface area (TPSA) is 34.0 Å². The fraction of sp³-hybridized carbons (Fsp3) is 0.464. The van der Waals surface area contributed by atoms with Crippen molar-refractivity contribution in [3.63, 3.8) is 0 Å². The lowest BCUT2D eigenvalue weighted by molar-refractivity contribution is -0.122. The van der Waals surface area contributed by atoms with E-state index < -0.39 is 0 Å². The number of rotatable bonds is 8. The Kier molecular flexibility index (Phi) is 7.11. The first-order valence-electron chi connectivity index (χ1n) is 12.0. The van der Waals surface area contributed by atoms with Crippen LogP contribution in [0, 0.1) is 11.8 Å². The molecule has 0 bridgehead atoms. The zero-order valence-electron chi connectivity index (χ0n) is 19.0. The predicted molar refractivity (Wildman–Crippen MR) is 129 cm³/mol. The van der Waals surface area contributed by atoms with E-state index in [2.05, 4.69) is 84.5 Å². The maximum atomic E-state index is 12.9. The summed E-state index contributed by atoms with van der Waals surface area (Å²) in [7, 11) is 0. The molecule has 1 amide bonds. The van der Waals surface area contributed by atoms with Crippen LogP contribution in [-0.2, 0) is 11.3 Å². The third kappa shape index (κ3) is 5.39. The first kappa shape index (κ1) is 21.7. The zero-order valence-corrected chi connectivity index (χ0v) is 19.0. The van der Waals surface area contributed by atoms with Crippen molar-refractivity contribution < 1.29 is 4.79 Å². The maximum Gasteiger partial charge on any atom is 0.220 e. The number of carbonyl (C=O) groups excluding carboxylic acids is 1. The number of nitrogens with one attached hydrogen (secondary N) is 1. The molecule has 3 nitrogen and oxygen atoms in total. The Morgan fingerprint density at radius 2 is 1.71 bits per heavy atom. The van der Waals surface area contributed by atoms with Crippen LogP contribution in [0.1, 0.15) is 69.4 Å². The number of nitrogens with zero attached hydrogens (tertiary/aromatic N) is 1. The second-order valence-corrected chi connectivity index (χ2v) is 9.62. The van der Waals surface area contributed by atoms with Gasteiger partial charge < -0.3 is 9.88 Å². The van der Waals surface area contributed by atoms with Crippen LogP contribution in [-0.4, -0.2) is 17.0 Å². The number of benzene rings is 2. The smallest absolute Gasteiger partial charge is 0.220 e. The van der Waals surface area contributed by atoms with Gasteiger partial charge in [0.15, 0.2) is 0 Å². The van der Waals surface area contributed by atoms with Crippen molar-refractivity contribution in [2.45, 2.75) is 64.8 Å². The van der Waals surface area contributed by atoms with Gasteiger partial charge in [0.25, 0.3) is 0 Å². The highest BCUT2D eigenvalue weighted by atomic mass is 16.1. The van der Waals surface area contributed by atoms with Gasteiger partial charge in [-0.15, -0.1) is 0 Å². The molecule has 0 radical (unpaired) electrons. The summed E-state index contributed by atoms with van der Waals surface area (Å²) in [5.74, 6) is 1.55. The molecule has 164 valence electrons. The van der Waals surface area contributed by atoms with Gasteiger partial charge >= 0.3 is 0 Å². The fourth-order valence-corrected chi connectivity index (χ4v) is 5.14. The summed E-state index contributed by atoms with van der Waals surface area (Å²) in [6.07, 6.45) is 9.32. The van der Waals surface area contributed by atoms with Crippen molar-refractivity contribution in [1.82, 2.24) is 9.88 Å². The van der Waals surface area contributed by atoms with E-state index in [1.165, 1.54) is 54.1 Å². The van der Waals surface area contributed by atoms with E-state index in [1.54, 1.807) is 0 Å². The summed E-state index contributed by atoms with van der Waals surface area (Å²) < 4.78 is 2.38. The van der Waals surface area contributed by atoms with Crippen LogP contribution < -0.4 is 5.32 Å². The minimum Gasteiger partial charge on any atom is -0.356 e. The number of hydrogen-bond donors (Lipinski definition) is 1. The van der Waals surface area contributed by atoms with Crippen molar-refractivity contribution in [2.75, 3.05) is 6.54 Å². The van der Waals surface area contributed by atoms with Crippen LogP contribution >= 0.6 is 0 Å². The molecule has 0 saturated heterocycles. The molecule has 4 rings (SSSR count). The molecule has 0 spiro atoms. The summed E-state index contributed by atoms with van der Waals surface area (Å²) in [5, 5.41) is 4.48. The molecular formula is C28H36N2O. The van der Waals surface area contributed by atoms with E-state index in [1.807, 2.05) is 0 Å². The van der Waals surface area contributed by atoms with E-state index >= 15 is 0 Å². The zero-order chi connectivity index (χ0) is 21.6. The molecule has 1 fully saturated rings. The summed E-state index contributed by atoms with van der Waals surface area (Å²) in [6, 6.07) is 19.4. The molecule has 1 aliphatic carbocycles. The molecular weight excluding hydrogens is 380 g/mol. The van der Waals surface area contributed by atoms with Crippen LogP contribution in [0.3, 0.4) is 0 Å². The number of carbonyl (C=O) groups is 1. The van der Waals surface area contributed by atoms with Crippen LogP contribution in [0.15, 0.2) is 60.8 Å². The molecule has 0 aliphatic heterocycles. The van der Waals surface area contributed by atoms with Crippen molar-refractivity contribution in [2.24, 2.45) is 11.8 Å². The van der Waals surface area contributed by atoms with Crippen molar-refractivity contribution in [3.8, 4) is 0 Å². The first-order valence-corrected chi connectivity index (χ1v) is 12.0. The quantitative estimate of drug-likeness (QED) is 0.446. The second kappa shape index (κ2) is 10.2. The van der Waals surface area contributed by atoms with Gasteiger partial charge in [-0.2, -0.15) is 0 Å². The Hall–Kier alpha value is -2.55. The Labute approximate surface area is 186 Å². The third-order valence-electron chi connectivity index (χ3n) is 6.75. The maximum absolute atomic E-state index is 12.9. The normalized spacial score (nSPS) is 16.0. The lowest BCUT2D eigenvalue weighted by Gasteiger charge is -2.30. The van der Waals surface area contributed by atoms with Crippen molar-refractivity contribution in [1.29, 1.82) is 0 Å². The van der Waals surface area contributed by atoms with Crippen molar-refractivity contribution in [3.05, 3.63) is 71.9 Å². The summed E-state index contributed by atoms with van der Waals surface area (Å²) in [4.78, 5) is 12.9. The van der Waals surface area contributed by atoms with Gasteiger partial charge in [-0.05, 0) is 47.8 Å². The Morgan fingerprint density at radius 3 is 2.45 bits per heavy atom. The highest BCUT2D eigenvalue weighted by Crippen LogP contribution is 2.41. The van der Waals surface area contributed by atoms with Gasteiger partial charge in [0.2, 0.25) is 5.91 Å². The molecule has 1 heterocycles. The van der Waals surface area contributed by atoms with E-state index in [4.69, 9.17) is 0 Å². The molecule has 31 heavy (non-hydrogen) atoms. The van der Waals surface area contributed by atoms with Gasteiger partial charge in [-0.25, -0.2) is 0 Å². The summed E-state index contributed by atoms with van der Waals surface area (Å²) in [5.41, 5.74) is 3.93. The van der Waals surface area contributed by atoms with Crippen LogP contribution in [0.4, 0.5) is 0 Å². The Bertz CT molecular complexity index is 983. The number of para-hydroxylation sites is 1. The van der Waals surface area contributed by atoms with E-state index in [9.17, 15) is 4.79 Å². The fourth-order valence-electron chi connectivity index (χ4n) is 5.14. The molecule has 3 heteroatoms. The summed E-state index contributed by atoms with van der Waals surface area (Å²) >= 11 is 0. The Morgan fingerprint density at radius 1 is 1.00 bits per heavy atom. The first-order chi connectivity index (χ1) is 15.1. The monoisotopic (exact) mass is 416 g/mol. The van der Waals surface area contributed by atoms with Crippen LogP contribution in [0.25, 0.3) is 10.9 Å². The third-order valence-corrected chi connectivity index (χ3v) is 6.75.